The van der Waals surface area contributed by atoms with Crippen LogP contribution in [0.4, 0.5) is 5.69 Å². The fourth-order valence-corrected chi connectivity index (χ4v) is 2.18. The molecule has 1 aromatic carbocycles. The number of rotatable bonds is 3. The maximum Gasteiger partial charge on any atom is 0.227 e. The van der Waals surface area contributed by atoms with Crippen molar-refractivity contribution in [1.29, 1.82) is 0 Å². The molecule has 0 aromatic heterocycles. The Labute approximate surface area is 95.5 Å². The lowest BCUT2D eigenvalue weighted by Crippen LogP contribution is -2.20. The smallest absolute Gasteiger partial charge is 0.227 e. The minimum Gasteiger partial charge on any atom is -0.392 e. The van der Waals surface area contributed by atoms with Crippen LogP contribution in [-0.4, -0.2) is 11.0 Å². The summed E-state index contributed by atoms with van der Waals surface area (Å²) in [6, 6.07) is 7.35. The van der Waals surface area contributed by atoms with E-state index in [1.54, 1.807) is 0 Å². The van der Waals surface area contributed by atoms with Crippen molar-refractivity contribution < 1.29 is 9.90 Å². The molecule has 0 unspecified atom stereocenters. The number of hydrogen-bond acceptors (Lipinski definition) is 2. The van der Waals surface area contributed by atoms with E-state index in [1.807, 2.05) is 24.3 Å². The molecule has 1 aliphatic carbocycles. The normalized spacial score (nSPS) is 16.3. The Morgan fingerprint density at radius 2 is 2.12 bits per heavy atom. The van der Waals surface area contributed by atoms with Crippen molar-refractivity contribution in [3.63, 3.8) is 0 Å². The second-order valence-electron chi connectivity index (χ2n) is 4.33. The number of nitrogens with one attached hydrogen (secondary N) is 1. The number of hydrogen-bond donors (Lipinski definition) is 2. The average molecular weight is 219 g/mol. The molecule has 0 bridgehead atoms. The summed E-state index contributed by atoms with van der Waals surface area (Å²) in [6.07, 6.45) is 4.33. The topological polar surface area (TPSA) is 49.3 Å². The van der Waals surface area contributed by atoms with Gasteiger partial charge in [0.15, 0.2) is 0 Å². The van der Waals surface area contributed by atoms with Gasteiger partial charge in [0.2, 0.25) is 5.91 Å². The van der Waals surface area contributed by atoms with E-state index in [9.17, 15) is 4.79 Å². The number of benzene rings is 1. The highest BCUT2D eigenvalue weighted by atomic mass is 16.3. The van der Waals surface area contributed by atoms with E-state index < -0.39 is 0 Å². The molecule has 2 N–H and O–H groups in total. The molecular weight excluding hydrogens is 202 g/mol. The van der Waals surface area contributed by atoms with Gasteiger partial charge in [-0.05, 0) is 30.5 Å². The second-order valence-corrected chi connectivity index (χ2v) is 4.33. The molecule has 1 amide bonds. The van der Waals surface area contributed by atoms with Gasteiger partial charge in [-0.15, -0.1) is 0 Å². The fraction of sp³-hybridized carbons (Fsp3) is 0.462. The summed E-state index contributed by atoms with van der Waals surface area (Å²) >= 11 is 0. The Balaban J connectivity index is 1.99. The Hall–Kier alpha value is -1.35. The Morgan fingerprint density at radius 3 is 2.81 bits per heavy atom. The first-order chi connectivity index (χ1) is 7.79. The summed E-state index contributed by atoms with van der Waals surface area (Å²) in [5.41, 5.74) is 1.60. The molecule has 2 rings (SSSR count). The lowest BCUT2D eigenvalue weighted by molar-refractivity contribution is -0.119. The molecule has 1 aliphatic rings. The van der Waals surface area contributed by atoms with Crippen molar-refractivity contribution in [1.82, 2.24) is 0 Å². The van der Waals surface area contributed by atoms with Crippen LogP contribution in [0.5, 0.6) is 0 Å². The lowest BCUT2D eigenvalue weighted by atomic mass is 10.1. The van der Waals surface area contributed by atoms with Crippen LogP contribution in [0.1, 0.15) is 31.2 Å². The largest absolute Gasteiger partial charge is 0.392 e. The first kappa shape index (κ1) is 11.1. The molecule has 0 radical (unpaired) electrons. The molecule has 1 fully saturated rings. The van der Waals surface area contributed by atoms with Gasteiger partial charge in [0, 0.05) is 11.6 Å². The summed E-state index contributed by atoms with van der Waals surface area (Å²) in [6.45, 7) is 0.00708. The maximum absolute atomic E-state index is 11.8. The van der Waals surface area contributed by atoms with E-state index in [2.05, 4.69) is 5.32 Å². The number of carbonyl (C=O) groups excluding carboxylic acids is 1. The molecule has 1 saturated carbocycles. The summed E-state index contributed by atoms with van der Waals surface area (Å²) in [5.74, 6) is 0.297. The van der Waals surface area contributed by atoms with Crippen LogP contribution in [0.3, 0.4) is 0 Å². The van der Waals surface area contributed by atoms with E-state index in [-0.39, 0.29) is 18.4 Å². The monoisotopic (exact) mass is 219 g/mol. The van der Waals surface area contributed by atoms with Crippen molar-refractivity contribution in [2.24, 2.45) is 5.92 Å². The van der Waals surface area contributed by atoms with Crippen molar-refractivity contribution in [3.05, 3.63) is 29.8 Å². The minimum absolute atomic E-state index is 0.00708. The minimum atomic E-state index is 0.00708. The van der Waals surface area contributed by atoms with E-state index in [1.165, 1.54) is 0 Å². The van der Waals surface area contributed by atoms with Crippen LogP contribution in [0.25, 0.3) is 0 Å². The molecule has 16 heavy (non-hydrogen) atoms. The molecule has 3 nitrogen and oxygen atoms in total. The van der Waals surface area contributed by atoms with Gasteiger partial charge in [0.25, 0.3) is 0 Å². The SMILES string of the molecule is O=C(Nc1cccc(CO)c1)C1CCCC1. The molecule has 86 valence electrons. The van der Waals surface area contributed by atoms with Crippen LogP contribution in [0.2, 0.25) is 0 Å². The van der Waals surface area contributed by atoms with E-state index in [0.29, 0.717) is 0 Å². The molecule has 0 heterocycles. The highest BCUT2D eigenvalue weighted by molar-refractivity contribution is 5.92. The summed E-state index contributed by atoms with van der Waals surface area (Å²) in [5, 5.41) is 11.9. The lowest BCUT2D eigenvalue weighted by Gasteiger charge is -2.10. The number of anilines is 1. The maximum atomic E-state index is 11.8. The number of amides is 1. The van der Waals surface area contributed by atoms with Crippen LogP contribution >= 0.6 is 0 Å². The second kappa shape index (κ2) is 5.12. The standard InChI is InChI=1S/C13H17NO2/c15-9-10-4-3-7-12(8-10)14-13(16)11-5-1-2-6-11/h3-4,7-8,11,15H,1-2,5-6,9H2,(H,14,16). The highest BCUT2D eigenvalue weighted by Crippen LogP contribution is 2.26. The van der Waals surface area contributed by atoms with Gasteiger partial charge in [0.1, 0.15) is 0 Å². The molecule has 1 aromatic rings. The van der Waals surface area contributed by atoms with E-state index >= 15 is 0 Å². The van der Waals surface area contributed by atoms with Crippen molar-refractivity contribution in [2.45, 2.75) is 32.3 Å². The van der Waals surface area contributed by atoms with Crippen LogP contribution in [-0.2, 0) is 11.4 Å². The molecule has 0 saturated heterocycles. The number of carbonyl (C=O) groups is 1. The third kappa shape index (κ3) is 2.61. The number of aliphatic hydroxyl groups excluding tert-OH is 1. The van der Waals surface area contributed by atoms with Crippen LogP contribution in [0.15, 0.2) is 24.3 Å². The highest BCUT2D eigenvalue weighted by Gasteiger charge is 2.22. The predicted molar refractivity (Wildman–Crippen MR) is 63.0 cm³/mol. The quantitative estimate of drug-likeness (QED) is 0.819. The van der Waals surface area contributed by atoms with Gasteiger partial charge in [-0.1, -0.05) is 25.0 Å². The molecule has 0 atom stereocenters. The third-order valence-corrected chi connectivity index (χ3v) is 3.10. The van der Waals surface area contributed by atoms with E-state index in [0.717, 1.165) is 36.9 Å². The van der Waals surface area contributed by atoms with Gasteiger partial charge in [-0.2, -0.15) is 0 Å². The summed E-state index contributed by atoms with van der Waals surface area (Å²) < 4.78 is 0. The zero-order chi connectivity index (χ0) is 11.4. The molecule has 3 heteroatoms. The van der Waals surface area contributed by atoms with Crippen LogP contribution in [0, 0.1) is 5.92 Å². The van der Waals surface area contributed by atoms with Gasteiger partial charge in [0.05, 0.1) is 6.61 Å². The van der Waals surface area contributed by atoms with Gasteiger partial charge in [-0.3, -0.25) is 4.79 Å². The third-order valence-electron chi connectivity index (χ3n) is 3.10. The van der Waals surface area contributed by atoms with Crippen LogP contribution < -0.4 is 5.32 Å². The zero-order valence-electron chi connectivity index (χ0n) is 9.28. The zero-order valence-corrected chi connectivity index (χ0v) is 9.28. The fourth-order valence-electron chi connectivity index (χ4n) is 2.18. The summed E-state index contributed by atoms with van der Waals surface area (Å²) in [4.78, 5) is 11.8. The van der Waals surface area contributed by atoms with Gasteiger partial charge < -0.3 is 10.4 Å². The molecular formula is C13H17NO2. The average Bonchev–Trinajstić information content (AvgIpc) is 2.83. The van der Waals surface area contributed by atoms with Gasteiger partial charge >= 0.3 is 0 Å². The van der Waals surface area contributed by atoms with Crippen molar-refractivity contribution in [3.8, 4) is 0 Å². The Bertz CT molecular complexity index is 370. The Kier molecular flexibility index (Phi) is 3.57. The Morgan fingerprint density at radius 1 is 1.38 bits per heavy atom. The first-order valence-corrected chi connectivity index (χ1v) is 5.80. The molecule has 0 aliphatic heterocycles. The van der Waals surface area contributed by atoms with Crippen molar-refractivity contribution >= 4 is 11.6 Å². The van der Waals surface area contributed by atoms with E-state index in [4.69, 9.17) is 5.11 Å². The first-order valence-electron chi connectivity index (χ1n) is 5.80. The van der Waals surface area contributed by atoms with Crippen molar-refractivity contribution in [2.75, 3.05) is 5.32 Å². The summed E-state index contributed by atoms with van der Waals surface area (Å²) in [7, 11) is 0. The predicted octanol–water partition coefficient (Wildman–Crippen LogP) is 2.31. The number of aliphatic hydroxyl groups is 1. The van der Waals surface area contributed by atoms with Gasteiger partial charge in [-0.25, -0.2) is 0 Å². The molecule has 0 spiro atoms.